The second-order valence-electron chi connectivity index (χ2n) is 6.57. The van der Waals surface area contributed by atoms with Gasteiger partial charge in [0.25, 0.3) is 0 Å². The highest BCUT2D eigenvalue weighted by atomic mass is 16.1. The van der Waals surface area contributed by atoms with Gasteiger partial charge in [0.15, 0.2) is 5.82 Å². The summed E-state index contributed by atoms with van der Waals surface area (Å²) < 4.78 is 0. The summed E-state index contributed by atoms with van der Waals surface area (Å²) in [6.45, 7) is 2.71. The first-order chi connectivity index (χ1) is 13.2. The zero-order valence-corrected chi connectivity index (χ0v) is 15.1. The Labute approximate surface area is 158 Å². The molecule has 0 saturated heterocycles. The Morgan fingerprint density at radius 2 is 1.96 bits per heavy atom. The average Bonchev–Trinajstić information content (AvgIpc) is 2.72. The molecule has 1 atom stereocenters. The van der Waals surface area contributed by atoms with Crippen LogP contribution in [0.5, 0.6) is 0 Å². The molecule has 3 heterocycles. The number of nitrogens with one attached hydrogen (secondary N) is 2. The van der Waals surface area contributed by atoms with Gasteiger partial charge < -0.3 is 10.6 Å². The van der Waals surface area contributed by atoms with Crippen molar-refractivity contribution < 1.29 is 4.79 Å². The molecule has 4 rings (SSSR count). The highest BCUT2D eigenvalue weighted by Crippen LogP contribution is 2.32. The Balaban J connectivity index is 1.57. The number of para-hydroxylation sites is 1. The minimum atomic E-state index is 0.0508. The largest absolute Gasteiger partial charge is 0.369 e. The van der Waals surface area contributed by atoms with Gasteiger partial charge in [0.05, 0.1) is 0 Å². The SMILES string of the molecule is CCc1cc(NCC2CC(=O)Nc3ccccc32)nc(-c2ccncc2)n1. The van der Waals surface area contributed by atoms with E-state index < -0.39 is 0 Å². The minimum Gasteiger partial charge on any atom is -0.369 e. The molecule has 2 N–H and O–H groups in total. The second kappa shape index (κ2) is 7.53. The number of hydrogen-bond donors (Lipinski definition) is 2. The van der Waals surface area contributed by atoms with Crippen molar-refractivity contribution in [2.75, 3.05) is 17.2 Å². The fraction of sp³-hybridized carbons (Fsp3) is 0.238. The van der Waals surface area contributed by atoms with Crippen molar-refractivity contribution in [2.45, 2.75) is 25.7 Å². The maximum Gasteiger partial charge on any atom is 0.225 e. The summed E-state index contributed by atoms with van der Waals surface area (Å²) in [7, 11) is 0. The molecule has 136 valence electrons. The van der Waals surface area contributed by atoms with Gasteiger partial charge in [-0.15, -0.1) is 0 Å². The van der Waals surface area contributed by atoms with Crippen LogP contribution in [-0.2, 0) is 11.2 Å². The molecule has 0 fully saturated rings. The van der Waals surface area contributed by atoms with E-state index in [9.17, 15) is 4.79 Å². The van der Waals surface area contributed by atoms with Crippen LogP contribution < -0.4 is 10.6 Å². The predicted molar refractivity (Wildman–Crippen MR) is 106 cm³/mol. The van der Waals surface area contributed by atoms with Gasteiger partial charge in [0.1, 0.15) is 5.82 Å². The normalized spacial score (nSPS) is 15.7. The molecule has 0 spiro atoms. The van der Waals surface area contributed by atoms with Crippen LogP contribution in [0.25, 0.3) is 11.4 Å². The van der Waals surface area contributed by atoms with Crippen molar-refractivity contribution >= 4 is 17.4 Å². The van der Waals surface area contributed by atoms with Gasteiger partial charge in [0.2, 0.25) is 5.91 Å². The van der Waals surface area contributed by atoms with E-state index in [1.54, 1.807) is 12.4 Å². The highest BCUT2D eigenvalue weighted by Gasteiger charge is 2.24. The first-order valence-corrected chi connectivity index (χ1v) is 9.14. The lowest BCUT2D eigenvalue weighted by Gasteiger charge is -2.26. The van der Waals surface area contributed by atoms with Gasteiger partial charge >= 0.3 is 0 Å². The first-order valence-electron chi connectivity index (χ1n) is 9.14. The molecule has 0 radical (unpaired) electrons. The van der Waals surface area contributed by atoms with E-state index >= 15 is 0 Å². The van der Waals surface area contributed by atoms with E-state index in [1.807, 2.05) is 36.4 Å². The van der Waals surface area contributed by atoms with Crippen LogP contribution in [0.4, 0.5) is 11.5 Å². The van der Waals surface area contributed by atoms with E-state index in [2.05, 4.69) is 38.6 Å². The number of hydrogen-bond acceptors (Lipinski definition) is 5. The third kappa shape index (κ3) is 3.79. The van der Waals surface area contributed by atoms with Crippen molar-refractivity contribution in [3.63, 3.8) is 0 Å². The van der Waals surface area contributed by atoms with Crippen LogP contribution in [0, 0.1) is 0 Å². The monoisotopic (exact) mass is 359 g/mol. The van der Waals surface area contributed by atoms with E-state index in [1.165, 1.54) is 0 Å². The molecule has 1 aliphatic heterocycles. The molecule has 0 aliphatic carbocycles. The fourth-order valence-electron chi connectivity index (χ4n) is 3.31. The Bertz CT molecular complexity index is 958. The Hall–Kier alpha value is -3.28. The van der Waals surface area contributed by atoms with Crippen LogP contribution in [0.15, 0.2) is 54.9 Å². The number of carbonyl (C=O) groups excluding carboxylic acids is 1. The summed E-state index contributed by atoms with van der Waals surface area (Å²) in [5.41, 5.74) is 3.96. The summed E-state index contributed by atoms with van der Waals surface area (Å²) in [6, 6.07) is 13.7. The molecule has 0 bridgehead atoms. The third-order valence-corrected chi connectivity index (χ3v) is 4.72. The van der Waals surface area contributed by atoms with E-state index in [0.29, 0.717) is 18.8 Å². The topological polar surface area (TPSA) is 79.8 Å². The number of aromatic nitrogens is 3. The Morgan fingerprint density at radius 3 is 2.78 bits per heavy atom. The zero-order valence-electron chi connectivity index (χ0n) is 15.1. The van der Waals surface area contributed by atoms with Crippen LogP contribution in [0.3, 0.4) is 0 Å². The molecule has 1 amide bonds. The van der Waals surface area contributed by atoms with Gasteiger partial charge in [-0.1, -0.05) is 25.1 Å². The number of nitrogens with zero attached hydrogens (tertiary/aromatic N) is 3. The minimum absolute atomic E-state index is 0.0508. The molecule has 27 heavy (non-hydrogen) atoms. The lowest BCUT2D eigenvalue weighted by atomic mass is 9.90. The molecule has 1 aliphatic rings. The summed E-state index contributed by atoms with van der Waals surface area (Å²) >= 11 is 0. The number of amides is 1. The second-order valence-corrected chi connectivity index (χ2v) is 6.57. The number of anilines is 2. The van der Waals surface area contributed by atoms with Gasteiger partial charge in [-0.05, 0) is 30.2 Å². The lowest BCUT2D eigenvalue weighted by Crippen LogP contribution is -2.27. The van der Waals surface area contributed by atoms with Crippen molar-refractivity contribution in [3.8, 4) is 11.4 Å². The van der Waals surface area contributed by atoms with Gasteiger partial charge in [-0.3, -0.25) is 9.78 Å². The zero-order chi connectivity index (χ0) is 18.6. The average molecular weight is 359 g/mol. The van der Waals surface area contributed by atoms with Gasteiger partial charge in [-0.2, -0.15) is 0 Å². The van der Waals surface area contributed by atoms with Crippen molar-refractivity contribution in [1.29, 1.82) is 0 Å². The maximum atomic E-state index is 12.0. The van der Waals surface area contributed by atoms with E-state index in [4.69, 9.17) is 0 Å². The smallest absolute Gasteiger partial charge is 0.225 e. The first kappa shape index (κ1) is 17.1. The van der Waals surface area contributed by atoms with Crippen LogP contribution in [0.1, 0.15) is 30.5 Å². The summed E-state index contributed by atoms with van der Waals surface area (Å²) in [6.07, 6.45) is 4.76. The maximum absolute atomic E-state index is 12.0. The van der Waals surface area contributed by atoms with Gasteiger partial charge in [0, 0.05) is 54.3 Å². The summed E-state index contributed by atoms with van der Waals surface area (Å²) in [5, 5.41) is 6.35. The Morgan fingerprint density at radius 1 is 1.15 bits per heavy atom. The molecule has 1 aromatic carbocycles. The summed E-state index contributed by atoms with van der Waals surface area (Å²) in [5.74, 6) is 1.62. The molecular weight excluding hydrogens is 338 g/mol. The number of rotatable bonds is 5. The van der Waals surface area contributed by atoms with Gasteiger partial charge in [-0.25, -0.2) is 9.97 Å². The Kier molecular flexibility index (Phi) is 4.78. The number of aryl methyl sites for hydroxylation is 1. The molecule has 6 nitrogen and oxygen atoms in total. The van der Waals surface area contributed by atoms with Crippen LogP contribution in [-0.4, -0.2) is 27.4 Å². The van der Waals surface area contributed by atoms with E-state index in [0.717, 1.165) is 34.7 Å². The lowest BCUT2D eigenvalue weighted by molar-refractivity contribution is -0.116. The predicted octanol–water partition coefficient (Wildman–Crippen LogP) is 3.64. The van der Waals surface area contributed by atoms with Crippen molar-refractivity contribution in [3.05, 3.63) is 66.1 Å². The summed E-state index contributed by atoms with van der Waals surface area (Å²) in [4.78, 5) is 25.4. The molecule has 2 aromatic heterocycles. The van der Waals surface area contributed by atoms with Crippen LogP contribution >= 0.6 is 0 Å². The third-order valence-electron chi connectivity index (χ3n) is 4.72. The molecule has 1 unspecified atom stereocenters. The number of carbonyl (C=O) groups is 1. The molecular formula is C21H21N5O. The molecule has 3 aromatic rings. The number of benzene rings is 1. The fourth-order valence-corrected chi connectivity index (χ4v) is 3.31. The quantitative estimate of drug-likeness (QED) is 0.727. The number of pyridine rings is 1. The van der Waals surface area contributed by atoms with E-state index in [-0.39, 0.29) is 11.8 Å². The van der Waals surface area contributed by atoms with Crippen molar-refractivity contribution in [1.82, 2.24) is 15.0 Å². The standard InChI is InChI=1S/C21H21N5O/c1-2-16-12-19(26-21(24-16)14-7-9-22-10-8-14)23-13-15-11-20(27)25-18-6-4-3-5-17(15)18/h3-10,12,15H,2,11,13H2,1H3,(H,25,27)(H,23,24,26). The van der Waals surface area contributed by atoms with Crippen molar-refractivity contribution in [2.24, 2.45) is 0 Å². The molecule has 6 heteroatoms. The highest BCUT2D eigenvalue weighted by molar-refractivity contribution is 5.94. The van der Waals surface area contributed by atoms with Crippen LogP contribution in [0.2, 0.25) is 0 Å². The molecule has 0 saturated carbocycles. The number of fused-ring (bicyclic) bond motifs is 1.